The molecule has 0 spiro atoms. The third-order valence-electron chi connectivity index (χ3n) is 4.35. The van der Waals surface area contributed by atoms with Crippen LogP contribution < -0.4 is 14.8 Å². The predicted molar refractivity (Wildman–Crippen MR) is 135 cm³/mol. The van der Waals surface area contributed by atoms with Crippen molar-refractivity contribution in [2.24, 2.45) is 0 Å². The number of hydrogen-bond acceptors (Lipinski definition) is 4. The second-order valence-electron chi connectivity index (χ2n) is 6.69. The summed E-state index contributed by atoms with van der Waals surface area (Å²) in [6, 6.07) is 22.0. The number of nitrogens with one attached hydrogen (secondary N) is 1. The molecule has 0 fully saturated rings. The van der Waals surface area contributed by atoms with Crippen molar-refractivity contribution in [1.29, 1.82) is 5.26 Å². The van der Waals surface area contributed by atoms with Crippen molar-refractivity contribution in [1.82, 2.24) is 0 Å². The number of ether oxygens (including phenoxy) is 2. The number of carbonyl (C=O) groups excluding carboxylic acids is 1. The SMILES string of the molecule is CCOc1cc(/C=C(/C#N)C(=O)Nc2ccc(Cl)cc2)ccc1OCc1ccc(I)cc1. The van der Waals surface area contributed by atoms with Gasteiger partial charge >= 0.3 is 0 Å². The molecule has 32 heavy (non-hydrogen) atoms. The van der Waals surface area contributed by atoms with E-state index in [2.05, 4.69) is 27.9 Å². The summed E-state index contributed by atoms with van der Waals surface area (Å²) in [6.07, 6.45) is 1.51. The number of carbonyl (C=O) groups is 1. The van der Waals surface area contributed by atoms with Gasteiger partial charge < -0.3 is 14.8 Å². The van der Waals surface area contributed by atoms with Crippen LogP contribution in [0.2, 0.25) is 5.02 Å². The molecule has 1 N–H and O–H groups in total. The molecule has 0 saturated carbocycles. The van der Waals surface area contributed by atoms with Gasteiger partial charge in [-0.1, -0.05) is 29.8 Å². The van der Waals surface area contributed by atoms with Crippen molar-refractivity contribution in [2.75, 3.05) is 11.9 Å². The van der Waals surface area contributed by atoms with Crippen LogP contribution in [0.4, 0.5) is 5.69 Å². The Morgan fingerprint density at radius 3 is 2.44 bits per heavy atom. The first-order valence-electron chi connectivity index (χ1n) is 9.81. The molecule has 0 aliphatic carbocycles. The molecular formula is C25H20ClIN2O3. The molecule has 0 bridgehead atoms. The normalized spacial score (nSPS) is 10.9. The van der Waals surface area contributed by atoms with Gasteiger partial charge in [-0.2, -0.15) is 5.26 Å². The number of hydrogen-bond donors (Lipinski definition) is 1. The highest BCUT2D eigenvalue weighted by molar-refractivity contribution is 14.1. The van der Waals surface area contributed by atoms with Crippen molar-refractivity contribution >= 4 is 51.9 Å². The van der Waals surface area contributed by atoms with Gasteiger partial charge in [-0.3, -0.25) is 4.79 Å². The minimum atomic E-state index is -0.508. The van der Waals surface area contributed by atoms with Gasteiger partial charge in [-0.25, -0.2) is 0 Å². The molecule has 3 aromatic carbocycles. The molecule has 7 heteroatoms. The fraction of sp³-hybridized carbons (Fsp3) is 0.120. The Hall–Kier alpha value is -3.02. The van der Waals surface area contributed by atoms with Gasteiger partial charge in [0.15, 0.2) is 11.5 Å². The van der Waals surface area contributed by atoms with E-state index in [1.165, 1.54) is 6.08 Å². The van der Waals surface area contributed by atoms with E-state index in [0.717, 1.165) is 9.13 Å². The molecule has 3 rings (SSSR count). The first-order valence-corrected chi connectivity index (χ1v) is 11.3. The van der Waals surface area contributed by atoms with Gasteiger partial charge in [-0.05, 0) is 95.2 Å². The molecule has 0 aliphatic heterocycles. The van der Waals surface area contributed by atoms with E-state index in [4.69, 9.17) is 21.1 Å². The zero-order chi connectivity index (χ0) is 22.9. The number of anilines is 1. The summed E-state index contributed by atoms with van der Waals surface area (Å²) < 4.78 is 12.8. The lowest BCUT2D eigenvalue weighted by Crippen LogP contribution is -2.13. The number of halogens is 2. The lowest BCUT2D eigenvalue weighted by Gasteiger charge is -2.13. The average Bonchev–Trinajstić information content (AvgIpc) is 2.79. The monoisotopic (exact) mass is 558 g/mol. The van der Waals surface area contributed by atoms with Crippen molar-refractivity contribution in [2.45, 2.75) is 13.5 Å². The van der Waals surface area contributed by atoms with Gasteiger partial charge in [0.05, 0.1) is 6.61 Å². The van der Waals surface area contributed by atoms with Crippen LogP contribution in [0.5, 0.6) is 11.5 Å². The van der Waals surface area contributed by atoms with E-state index in [-0.39, 0.29) is 5.57 Å². The highest BCUT2D eigenvalue weighted by Crippen LogP contribution is 2.30. The summed E-state index contributed by atoms with van der Waals surface area (Å²) in [4.78, 5) is 12.5. The molecule has 0 atom stereocenters. The molecule has 0 heterocycles. The van der Waals surface area contributed by atoms with Crippen molar-refractivity contribution in [3.63, 3.8) is 0 Å². The van der Waals surface area contributed by atoms with E-state index in [9.17, 15) is 10.1 Å². The topological polar surface area (TPSA) is 71.3 Å². The smallest absolute Gasteiger partial charge is 0.266 e. The quantitative estimate of drug-likeness (QED) is 0.195. The Bertz CT molecular complexity index is 1150. The number of nitriles is 1. The number of nitrogens with zero attached hydrogens (tertiary/aromatic N) is 1. The molecule has 162 valence electrons. The summed E-state index contributed by atoms with van der Waals surface area (Å²) >= 11 is 8.12. The van der Waals surface area contributed by atoms with Gasteiger partial charge in [0.2, 0.25) is 0 Å². The molecule has 1 amide bonds. The minimum absolute atomic E-state index is 0.0324. The number of benzene rings is 3. The van der Waals surface area contributed by atoms with Gasteiger partial charge in [0.1, 0.15) is 18.2 Å². The Balaban J connectivity index is 1.76. The summed E-state index contributed by atoms with van der Waals surface area (Å²) in [7, 11) is 0. The molecule has 0 aromatic heterocycles. The van der Waals surface area contributed by atoms with Crippen LogP contribution in [0.15, 0.2) is 72.3 Å². The molecule has 0 saturated heterocycles. The third-order valence-corrected chi connectivity index (χ3v) is 5.32. The zero-order valence-corrected chi connectivity index (χ0v) is 20.2. The molecule has 0 aliphatic rings. The largest absolute Gasteiger partial charge is 0.490 e. The van der Waals surface area contributed by atoms with E-state index >= 15 is 0 Å². The molecule has 5 nitrogen and oxygen atoms in total. The predicted octanol–water partition coefficient (Wildman–Crippen LogP) is 6.47. The first kappa shape index (κ1) is 23.6. The molecule has 0 unspecified atom stereocenters. The lowest BCUT2D eigenvalue weighted by molar-refractivity contribution is -0.112. The standard InChI is InChI=1S/C25H20ClIN2O3/c1-2-31-24-14-18(5-12-23(24)32-16-17-3-8-21(27)9-4-17)13-19(15-28)25(30)29-22-10-6-20(26)7-11-22/h3-14H,2,16H2,1H3,(H,29,30)/b19-13-. The number of rotatable bonds is 8. The molecular weight excluding hydrogens is 539 g/mol. The highest BCUT2D eigenvalue weighted by Gasteiger charge is 2.12. The van der Waals surface area contributed by atoms with E-state index < -0.39 is 5.91 Å². The van der Waals surface area contributed by atoms with Crippen LogP contribution in [0.3, 0.4) is 0 Å². The van der Waals surface area contributed by atoms with E-state index in [1.54, 1.807) is 42.5 Å². The van der Waals surface area contributed by atoms with Crippen LogP contribution in [-0.4, -0.2) is 12.5 Å². The third kappa shape index (κ3) is 6.74. The van der Waals surface area contributed by atoms with Crippen LogP contribution in [-0.2, 0) is 11.4 Å². The Kier molecular flexibility index (Phi) is 8.54. The van der Waals surface area contributed by atoms with Gasteiger partial charge in [0.25, 0.3) is 5.91 Å². The summed E-state index contributed by atoms with van der Waals surface area (Å²) in [5, 5.41) is 12.7. The Morgan fingerprint density at radius 2 is 1.78 bits per heavy atom. The second-order valence-corrected chi connectivity index (χ2v) is 8.37. The van der Waals surface area contributed by atoms with Gasteiger partial charge in [0, 0.05) is 14.3 Å². The lowest BCUT2D eigenvalue weighted by atomic mass is 10.1. The Morgan fingerprint density at radius 1 is 1.06 bits per heavy atom. The molecule has 3 aromatic rings. The fourth-order valence-electron chi connectivity index (χ4n) is 2.79. The van der Waals surface area contributed by atoms with Gasteiger partial charge in [-0.15, -0.1) is 0 Å². The molecule has 0 radical (unpaired) electrons. The average molecular weight is 559 g/mol. The first-order chi connectivity index (χ1) is 15.5. The second kappa shape index (κ2) is 11.6. The minimum Gasteiger partial charge on any atom is -0.490 e. The maximum Gasteiger partial charge on any atom is 0.266 e. The van der Waals surface area contributed by atoms with Crippen molar-refractivity contribution < 1.29 is 14.3 Å². The maximum absolute atomic E-state index is 12.5. The summed E-state index contributed by atoms with van der Waals surface area (Å²) in [5.41, 5.74) is 2.21. The van der Waals surface area contributed by atoms with Crippen LogP contribution in [0, 0.1) is 14.9 Å². The van der Waals surface area contributed by atoms with Crippen LogP contribution in [0.1, 0.15) is 18.1 Å². The maximum atomic E-state index is 12.5. The van der Waals surface area contributed by atoms with Crippen molar-refractivity contribution in [3.8, 4) is 17.6 Å². The number of amides is 1. The highest BCUT2D eigenvalue weighted by atomic mass is 127. The Labute approximate surface area is 205 Å². The zero-order valence-electron chi connectivity index (χ0n) is 17.3. The van der Waals surface area contributed by atoms with E-state index in [1.807, 2.05) is 37.3 Å². The van der Waals surface area contributed by atoms with E-state index in [0.29, 0.717) is 41.0 Å². The van der Waals surface area contributed by atoms with Crippen LogP contribution in [0.25, 0.3) is 6.08 Å². The fourth-order valence-corrected chi connectivity index (χ4v) is 3.28. The summed E-state index contributed by atoms with van der Waals surface area (Å²) in [5.74, 6) is 0.626. The summed E-state index contributed by atoms with van der Waals surface area (Å²) in [6.45, 7) is 2.74. The van der Waals surface area contributed by atoms with Crippen molar-refractivity contribution in [3.05, 3.63) is 92.0 Å². The van der Waals surface area contributed by atoms with Crippen LogP contribution >= 0.6 is 34.2 Å².